The van der Waals surface area contributed by atoms with Gasteiger partial charge in [0.15, 0.2) is 0 Å². The number of nitrogens with one attached hydrogen (secondary N) is 1. The van der Waals surface area contributed by atoms with Crippen LogP contribution in [0.4, 0.5) is 5.69 Å². The van der Waals surface area contributed by atoms with Gasteiger partial charge in [0.2, 0.25) is 0 Å². The first-order chi connectivity index (χ1) is 9.10. The normalized spacial score (nSPS) is 22.8. The number of hydrogen-bond donors (Lipinski definition) is 2. The molecule has 19 heavy (non-hydrogen) atoms. The zero-order valence-electron chi connectivity index (χ0n) is 10.9. The predicted octanol–water partition coefficient (Wildman–Crippen LogP) is 3.51. The lowest BCUT2D eigenvalue weighted by Crippen LogP contribution is -2.29. The van der Waals surface area contributed by atoms with Crippen molar-refractivity contribution < 1.29 is 14.6 Å². The van der Waals surface area contributed by atoms with Gasteiger partial charge in [0.1, 0.15) is 5.75 Å². The van der Waals surface area contributed by atoms with Crippen molar-refractivity contribution in [3.63, 3.8) is 0 Å². The number of carbonyl (C=O) groups is 1. The van der Waals surface area contributed by atoms with E-state index in [9.17, 15) is 4.79 Å². The molecule has 1 aromatic rings. The summed E-state index contributed by atoms with van der Waals surface area (Å²) in [7, 11) is 1.64. The first-order valence-electron chi connectivity index (χ1n) is 6.43. The van der Waals surface area contributed by atoms with E-state index in [0.29, 0.717) is 6.04 Å². The minimum atomic E-state index is -0.661. The number of halogens is 1. The van der Waals surface area contributed by atoms with Crippen molar-refractivity contribution in [3.8, 4) is 5.75 Å². The third kappa shape index (κ3) is 3.62. The maximum Gasteiger partial charge on any atom is 0.306 e. The van der Waals surface area contributed by atoms with E-state index < -0.39 is 5.97 Å². The number of hydrogen-bond acceptors (Lipinski definition) is 3. The van der Waals surface area contributed by atoms with Crippen LogP contribution in [-0.2, 0) is 4.79 Å². The van der Waals surface area contributed by atoms with Crippen LogP contribution in [0, 0.1) is 5.92 Å². The molecule has 2 rings (SSSR count). The number of carboxylic acids is 1. The van der Waals surface area contributed by atoms with Gasteiger partial charge in [0, 0.05) is 11.7 Å². The van der Waals surface area contributed by atoms with Crippen molar-refractivity contribution in [3.05, 3.63) is 22.7 Å². The Balaban J connectivity index is 1.92. The molecule has 5 heteroatoms. The van der Waals surface area contributed by atoms with Gasteiger partial charge in [-0.3, -0.25) is 4.79 Å². The van der Waals surface area contributed by atoms with Gasteiger partial charge in [0.05, 0.1) is 17.5 Å². The molecule has 0 saturated heterocycles. The molecule has 0 aromatic heterocycles. The topological polar surface area (TPSA) is 58.6 Å². The van der Waals surface area contributed by atoms with Gasteiger partial charge in [-0.25, -0.2) is 0 Å². The number of aliphatic carboxylic acids is 1. The average molecular weight is 328 g/mol. The van der Waals surface area contributed by atoms with E-state index in [1.807, 2.05) is 18.2 Å². The number of anilines is 1. The van der Waals surface area contributed by atoms with Crippen LogP contribution in [0.2, 0.25) is 0 Å². The molecule has 0 aliphatic heterocycles. The molecule has 0 radical (unpaired) electrons. The van der Waals surface area contributed by atoms with E-state index in [0.717, 1.165) is 41.6 Å². The molecule has 0 heterocycles. The van der Waals surface area contributed by atoms with Gasteiger partial charge >= 0.3 is 5.97 Å². The highest BCUT2D eigenvalue weighted by Crippen LogP contribution is 2.30. The standard InChI is InChI=1S/C14H18BrNO3/c1-19-13-7-6-11(8-12(13)15)16-10-4-2-9(3-5-10)14(17)18/h6-10,16H,2-5H2,1H3,(H,17,18). The predicted molar refractivity (Wildman–Crippen MR) is 77.7 cm³/mol. The Labute approximate surface area is 121 Å². The van der Waals surface area contributed by atoms with Crippen molar-refractivity contribution in [1.82, 2.24) is 0 Å². The van der Waals surface area contributed by atoms with Crippen LogP contribution in [0.1, 0.15) is 25.7 Å². The summed E-state index contributed by atoms with van der Waals surface area (Å²) >= 11 is 3.46. The maximum atomic E-state index is 10.9. The van der Waals surface area contributed by atoms with Crippen molar-refractivity contribution in [2.45, 2.75) is 31.7 Å². The fourth-order valence-electron chi connectivity index (χ4n) is 2.48. The number of rotatable bonds is 4. The second kappa shape index (κ2) is 6.28. The average Bonchev–Trinajstić information content (AvgIpc) is 2.39. The number of benzene rings is 1. The van der Waals surface area contributed by atoms with Crippen LogP contribution in [-0.4, -0.2) is 24.2 Å². The highest BCUT2D eigenvalue weighted by atomic mass is 79.9. The van der Waals surface area contributed by atoms with Gasteiger partial charge in [-0.05, 0) is 59.8 Å². The third-order valence-electron chi connectivity index (χ3n) is 3.60. The number of carboxylic acid groups (broad SMARTS) is 1. The van der Waals surface area contributed by atoms with E-state index >= 15 is 0 Å². The molecule has 1 aromatic carbocycles. The van der Waals surface area contributed by atoms with Gasteiger partial charge in [-0.2, -0.15) is 0 Å². The lowest BCUT2D eigenvalue weighted by Gasteiger charge is -2.27. The smallest absolute Gasteiger partial charge is 0.306 e. The highest BCUT2D eigenvalue weighted by molar-refractivity contribution is 9.10. The summed E-state index contributed by atoms with van der Waals surface area (Å²) in [6, 6.07) is 6.24. The lowest BCUT2D eigenvalue weighted by atomic mass is 9.86. The largest absolute Gasteiger partial charge is 0.496 e. The molecular formula is C14H18BrNO3. The summed E-state index contributed by atoms with van der Waals surface area (Å²) < 4.78 is 6.11. The monoisotopic (exact) mass is 327 g/mol. The first-order valence-corrected chi connectivity index (χ1v) is 7.22. The molecule has 1 aliphatic carbocycles. The Morgan fingerprint density at radius 2 is 2.05 bits per heavy atom. The van der Waals surface area contributed by atoms with E-state index in [1.165, 1.54) is 0 Å². The molecule has 2 N–H and O–H groups in total. The molecule has 0 atom stereocenters. The fraction of sp³-hybridized carbons (Fsp3) is 0.500. The Hall–Kier alpha value is -1.23. The number of methoxy groups -OCH3 is 1. The fourth-order valence-corrected chi connectivity index (χ4v) is 3.02. The first kappa shape index (κ1) is 14.2. The lowest BCUT2D eigenvalue weighted by molar-refractivity contribution is -0.142. The molecule has 0 spiro atoms. The zero-order valence-corrected chi connectivity index (χ0v) is 12.4. The molecule has 0 amide bonds. The summed E-state index contributed by atoms with van der Waals surface area (Å²) in [5, 5.41) is 12.4. The van der Waals surface area contributed by atoms with Crippen molar-refractivity contribution in [2.75, 3.05) is 12.4 Å². The van der Waals surface area contributed by atoms with Gasteiger partial charge in [-0.15, -0.1) is 0 Å². The van der Waals surface area contributed by atoms with Crippen molar-refractivity contribution in [1.29, 1.82) is 0 Å². The molecule has 1 aliphatic rings. The van der Waals surface area contributed by atoms with Crippen LogP contribution >= 0.6 is 15.9 Å². The zero-order chi connectivity index (χ0) is 13.8. The number of ether oxygens (including phenoxy) is 1. The summed E-state index contributed by atoms with van der Waals surface area (Å²) in [4.78, 5) is 10.9. The van der Waals surface area contributed by atoms with E-state index in [1.54, 1.807) is 7.11 Å². The van der Waals surface area contributed by atoms with Gasteiger partial charge < -0.3 is 15.2 Å². The molecule has 4 nitrogen and oxygen atoms in total. The minimum absolute atomic E-state index is 0.166. The van der Waals surface area contributed by atoms with Crippen LogP contribution in [0.5, 0.6) is 5.75 Å². The molecular weight excluding hydrogens is 310 g/mol. The summed E-state index contributed by atoms with van der Waals surface area (Å²) in [5.74, 6) is -0.0218. The van der Waals surface area contributed by atoms with Crippen LogP contribution < -0.4 is 10.1 Å². The van der Waals surface area contributed by atoms with Crippen molar-refractivity contribution in [2.24, 2.45) is 5.92 Å². The Kier molecular flexibility index (Phi) is 4.69. The molecule has 1 saturated carbocycles. The van der Waals surface area contributed by atoms with Gasteiger partial charge in [-0.1, -0.05) is 0 Å². The highest BCUT2D eigenvalue weighted by Gasteiger charge is 2.25. The quantitative estimate of drug-likeness (QED) is 0.888. The van der Waals surface area contributed by atoms with Gasteiger partial charge in [0.25, 0.3) is 0 Å². The Morgan fingerprint density at radius 1 is 1.37 bits per heavy atom. The molecule has 0 bridgehead atoms. The Morgan fingerprint density at radius 3 is 2.58 bits per heavy atom. The Bertz CT molecular complexity index is 456. The van der Waals surface area contributed by atoms with E-state index in [-0.39, 0.29) is 5.92 Å². The minimum Gasteiger partial charge on any atom is -0.496 e. The maximum absolute atomic E-state index is 10.9. The third-order valence-corrected chi connectivity index (χ3v) is 4.22. The van der Waals surface area contributed by atoms with E-state index in [2.05, 4.69) is 21.2 Å². The summed E-state index contributed by atoms with van der Waals surface area (Å²) in [6.45, 7) is 0. The van der Waals surface area contributed by atoms with Crippen LogP contribution in [0.3, 0.4) is 0 Å². The SMILES string of the molecule is COc1ccc(NC2CCC(C(=O)O)CC2)cc1Br. The molecule has 1 fully saturated rings. The molecule has 104 valence electrons. The molecule has 0 unspecified atom stereocenters. The van der Waals surface area contributed by atoms with Crippen LogP contribution in [0.15, 0.2) is 22.7 Å². The summed E-state index contributed by atoms with van der Waals surface area (Å²) in [5.41, 5.74) is 1.03. The van der Waals surface area contributed by atoms with Crippen molar-refractivity contribution >= 4 is 27.6 Å². The van der Waals surface area contributed by atoms with E-state index in [4.69, 9.17) is 9.84 Å². The van der Waals surface area contributed by atoms with Crippen LogP contribution in [0.25, 0.3) is 0 Å². The second-order valence-electron chi connectivity index (χ2n) is 4.88. The second-order valence-corrected chi connectivity index (χ2v) is 5.73. The summed E-state index contributed by atoms with van der Waals surface area (Å²) in [6.07, 6.45) is 3.32.